The van der Waals surface area contributed by atoms with E-state index in [1.54, 1.807) is 49.4 Å². The highest BCUT2D eigenvalue weighted by Gasteiger charge is 2.32. The first-order valence-corrected chi connectivity index (χ1v) is 12.6. The van der Waals surface area contributed by atoms with E-state index in [-0.39, 0.29) is 12.5 Å². The van der Waals surface area contributed by atoms with Crippen molar-refractivity contribution >= 4 is 50.7 Å². The zero-order valence-electron chi connectivity index (χ0n) is 18.4. The largest absolute Gasteiger partial charge is 0.357 e. The van der Waals surface area contributed by atoms with Gasteiger partial charge in [0.15, 0.2) is 0 Å². The molecule has 0 aromatic heterocycles. The second kappa shape index (κ2) is 11.0. The van der Waals surface area contributed by atoms with Gasteiger partial charge in [-0.15, -0.1) is 0 Å². The smallest absolute Gasteiger partial charge is 0.244 e. The number of hydrogen-bond acceptors (Lipinski definition) is 4. The molecule has 0 aliphatic heterocycles. The van der Waals surface area contributed by atoms with Crippen LogP contribution >= 0.6 is 23.2 Å². The molecule has 1 N–H and O–H groups in total. The van der Waals surface area contributed by atoms with E-state index >= 15 is 0 Å². The fraction of sp³-hybridized carbons (Fsp3) is 0.364. The molecule has 0 heterocycles. The van der Waals surface area contributed by atoms with Crippen LogP contribution in [0.3, 0.4) is 0 Å². The third kappa shape index (κ3) is 6.37. The zero-order valence-corrected chi connectivity index (χ0v) is 20.8. The van der Waals surface area contributed by atoms with E-state index in [1.807, 2.05) is 6.92 Å². The maximum Gasteiger partial charge on any atom is 0.244 e. The maximum atomic E-state index is 13.4. The molecule has 0 saturated heterocycles. The van der Waals surface area contributed by atoms with E-state index < -0.39 is 28.5 Å². The van der Waals surface area contributed by atoms with Gasteiger partial charge in [-0.1, -0.05) is 53.9 Å². The first kappa shape index (κ1) is 26.0. The van der Waals surface area contributed by atoms with Crippen molar-refractivity contribution in [2.45, 2.75) is 32.9 Å². The molecule has 0 unspecified atom stereocenters. The quantitative estimate of drug-likeness (QED) is 0.570. The van der Waals surface area contributed by atoms with Crippen molar-refractivity contribution in [2.75, 3.05) is 24.2 Å². The van der Waals surface area contributed by atoms with Crippen LogP contribution in [0.25, 0.3) is 0 Å². The van der Waals surface area contributed by atoms with Crippen LogP contribution in [0, 0.1) is 6.92 Å². The predicted molar refractivity (Wildman–Crippen MR) is 129 cm³/mol. The van der Waals surface area contributed by atoms with E-state index in [4.69, 9.17) is 23.2 Å². The third-order valence-corrected chi connectivity index (χ3v) is 6.87. The van der Waals surface area contributed by atoms with Crippen LogP contribution in [-0.2, 0) is 26.2 Å². The Labute approximate surface area is 199 Å². The highest BCUT2D eigenvalue weighted by Crippen LogP contribution is 2.27. The minimum Gasteiger partial charge on any atom is -0.357 e. The molecule has 0 aliphatic rings. The van der Waals surface area contributed by atoms with Crippen LogP contribution in [0.15, 0.2) is 42.5 Å². The molecule has 0 saturated carbocycles. The number of halogens is 2. The topological polar surface area (TPSA) is 86.8 Å². The molecule has 2 aromatic carbocycles. The molecular formula is C22H27Cl2N3O4S. The van der Waals surface area contributed by atoms with Crippen molar-refractivity contribution in [3.05, 3.63) is 63.6 Å². The molecule has 32 heavy (non-hydrogen) atoms. The fourth-order valence-corrected chi connectivity index (χ4v) is 4.63. The number of amides is 2. The maximum absolute atomic E-state index is 13.4. The number of sulfonamides is 1. The summed E-state index contributed by atoms with van der Waals surface area (Å²) < 4.78 is 26.0. The molecule has 2 amide bonds. The van der Waals surface area contributed by atoms with Crippen molar-refractivity contribution in [3.8, 4) is 0 Å². The Kier molecular flexibility index (Phi) is 8.95. The number of carbonyl (C=O) groups excluding carboxylic acids is 2. The summed E-state index contributed by atoms with van der Waals surface area (Å²) >= 11 is 12.6. The lowest BCUT2D eigenvalue weighted by atomic mass is 10.1. The Bertz CT molecular complexity index is 1050. The number of hydrogen-bond donors (Lipinski definition) is 1. The second-order valence-corrected chi connectivity index (χ2v) is 10.1. The van der Waals surface area contributed by atoms with Crippen LogP contribution in [0.5, 0.6) is 0 Å². The minimum atomic E-state index is -3.77. The van der Waals surface area contributed by atoms with Crippen LogP contribution < -0.4 is 9.62 Å². The zero-order chi connectivity index (χ0) is 24.1. The SMILES string of the molecule is CC[C@H](C(=O)NC)N(Cc1c(Cl)cccc1Cl)C(=O)CN(c1ccc(C)cc1)S(C)(=O)=O. The molecule has 0 fully saturated rings. The van der Waals surface area contributed by atoms with E-state index in [9.17, 15) is 18.0 Å². The lowest BCUT2D eigenvalue weighted by molar-refractivity contribution is -0.140. The molecule has 7 nitrogen and oxygen atoms in total. The van der Waals surface area contributed by atoms with Crippen molar-refractivity contribution in [1.29, 1.82) is 0 Å². The molecule has 10 heteroatoms. The van der Waals surface area contributed by atoms with Crippen LogP contribution in [-0.4, -0.2) is 51.0 Å². The molecule has 174 valence electrons. The number of aryl methyl sites for hydroxylation is 1. The highest BCUT2D eigenvalue weighted by atomic mass is 35.5. The minimum absolute atomic E-state index is 0.0469. The van der Waals surface area contributed by atoms with Gasteiger partial charge in [0.1, 0.15) is 12.6 Å². The third-order valence-electron chi connectivity index (χ3n) is 5.02. The number of likely N-dealkylation sites (N-methyl/N-ethyl adjacent to an activating group) is 1. The van der Waals surface area contributed by atoms with Crippen LogP contribution in [0.1, 0.15) is 24.5 Å². The van der Waals surface area contributed by atoms with Gasteiger partial charge in [0.2, 0.25) is 21.8 Å². The highest BCUT2D eigenvalue weighted by molar-refractivity contribution is 7.92. The van der Waals surface area contributed by atoms with Crippen molar-refractivity contribution in [3.63, 3.8) is 0 Å². The lowest BCUT2D eigenvalue weighted by Crippen LogP contribution is -2.51. The van der Waals surface area contributed by atoms with Gasteiger partial charge in [-0.05, 0) is 37.6 Å². The molecule has 0 radical (unpaired) electrons. The number of benzene rings is 2. The molecule has 2 aromatic rings. The lowest BCUT2D eigenvalue weighted by Gasteiger charge is -2.33. The van der Waals surface area contributed by atoms with E-state index in [1.165, 1.54) is 11.9 Å². The van der Waals surface area contributed by atoms with E-state index in [0.717, 1.165) is 16.1 Å². The summed E-state index contributed by atoms with van der Waals surface area (Å²) in [5.74, 6) is -0.923. The Hall–Kier alpha value is -2.29. The number of nitrogens with one attached hydrogen (secondary N) is 1. The summed E-state index contributed by atoms with van der Waals surface area (Å²) in [6.45, 7) is 3.12. The Morgan fingerprint density at radius 1 is 1.06 bits per heavy atom. The Morgan fingerprint density at radius 3 is 2.09 bits per heavy atom. The Morgan fingerprint density at radius 2 is 1.62 bits per heavy atom. The van der Waals surface area contributed by atoms with Gasteiger partial charge in [0.05, 0.1) is 11.9 Å². The monoisotopic (exact) mass is 499 g/mol. The van der Waals surface area contributed by atoms with Gasteiger partial charge in [-0.25, -0.2) is 8.42 Å². The summed E-state index contributed by atoms with van der Waals surface area (Å²) in [4.78, 5) is 27.3. The molecular weight excluding hydrogens is 473 g/mol. The summed E-state index contributed by atoms with van der Waals surface area (Å²) in [5, 5.41) is 3.25. The van der Waals surface area contributed by atoms with Gasteiger partial charge in [-0.2, -0.15) is 0 Å². The summed E-state index contributed by atoms with van der Waals surface area (Å²) in [7, 11) is -2.30. The normalized spacial score (nSPS) is 12.2. The molecule has 0 spiro atoms. The van der Waals surface area contributed by atoms with E-state index in [0.29, 0.717) is 27.7 Å². The van der Waals surface area contributed by atoms with Gasteiger partial charge in [0, 0.05) is 29.2 Å². The first-order valence-electron chi connectivity index (χ1n) is 9.97. The van der Waals surface area contributed by atoms with Gasteiger partial charge in [0.25, 0.3) is 0 Å². The van der Waals surface area contributed by atoms with Crippen molar-refractivity contribution in [1.82, 2.24) is 10.2 Å². The van der Waals surface area contributed by atoms with Crippen molar-refractivity contribution in [2.24, 2.45) is 0 Å². The van der Waals surface area contributed by atoms with E-state index in [2.05, 4.69) is 5.32 Å². The molecule has 2 rings (SSSR count). The molecule has 0 bridgehead atoms. The number of nitrogens with zero attached hydrogens (tertiary/aromatic N) is 2. The van der Waals surface area contributed by atoms with Gasteiger partial charge in [-0.3, -0.25) is 13.9 Å². The summed E-state index contributed by atoms with van der Waals surface area (Å²) in [6, 6.07) is 10.9. The average Bonchev–Trinajstić information content (AvgIpc) is 2.73. The standard InChI is InChI=1S/C22H27Cl2N3O4S/c1-5-20(22(29)25-3)26(13-17-18(23)7-6-8-19(17)24)21(28)14-27(32(4,30)31)16-11-9-15(2)10-12-16/h6-12,20H,5,13-14H2,1-4H3,(H,25,29)/t20-/m1/s1. The molecule has 0 aliphatic carbocycles. The first-order chi connectivity index (χ1) is 15.0. The average molecular weight is 500 g/mol. The second-order valence-electron chi connectivity index (χ2n) is 7.37. The number of rotatable bonds is 9. The number of carbonyl (C=O) groups is 2. The van der Waals surface area contributed by atoms with Crippen LogP contribution in [0.4, 0.5) is 5.69 Å². The van der Waals surface area contributed by atoms with Crippen LogP contribution in [0.2, 0.25) is 10.0 Å². The van der Waals surface area contributed by atoms with Crippen molar-refractivity contribution < 1.29 is 18.0 Å². The number of anilines is 1. The summed E-state index contributed by atoms with van der Waals surface area (Å²) in [5.41, 5.74) is 1.79. The molecule has 1 atom stereocenters. The van der Waals surface area contributed by atoms with Gasteiger partial charge >= 0.3 is 0 Å². The predicted octanol–water partition coefficient (Wildman–Crippen LogP) is 3.62. The summed E-state index contributed by atoms with van der Waals surface area (Å²) in [6.07, 6.45) is 1.35. The Balaban J connectivity index is 2.47. The fourth-order valence-electron chi connectivity index (χ4n) is 3.26. The van der Waals surface area contributed by atoms with Gasteiger partial charge < -0.3 is 10.2 Å².